The molecular weight excluding hydrogens is 320 g/mol. The molecule has 0 aliphatic heterocycles. The molecule has 0 aromatic heterocycles. The number of unbranched alkanes of at least 4 members (excludes halogenated alkanes) is 3. The minimum absolute atomic E-state index is 0.112. The zero-order valence-electron chi connectivity index (χ0n) is 14.2. The average molecular weight is 342 g/mol. The lowest BCUT2D eigenvalue weighted by Gasteiger charge is -2.08. The van der Waals surface area contributed by atoms with E-state index in [0.29, 0.717) is 12.3 Å². The summed E-state index contributed by atoms with van der Waals surface area (Å²) in [4.78, 5) is 22.4. The van der Waals surface area contributed by atoms with E-state index in [4.69, 9.17) is 4.74 Å². The second-order valence-corrected chi connectivity index (χ2v) is 5.70. The van der Waals surface area contributed by atoms with E-state index in [1.165, 1.54) is 37.1 Å². The fourth-order valence-electron chi connectivity index (χ4n) is 2.32. The maximum atomic E-state index is 12.2. The minimum Gasteiger partial charge on any atom is -0.494 e. The van der Waals surface area contributed by atoms with Crippen LogP contribution in [0, 0.1) is 10.1 Å². The average Bonchev–Trinajstić information content (AvgIpc) is 2.63. The molecule has 132 valence electrons. The zero-order chi connectivity index (χ0) is 18.1. The van der Waals surface area contributed by atoms with Crippen LogP contribution in [0.5, 0.6) is 5.75 Å². The maximum Gasteiger partial charge on any atom is 0.270 e. The highest BCUT2D eigenvalue weighted by Gasteiger charge is 2.11. The summed E-state index contributed by atoms with van der Waals surface area (Å²) >= 11 is 0. The van der Waals surface area contributed by atoms with E-state index in [1.54, 1.807) is 24.3 Å². The summed E-state index contributed by atoms with van der Waals surface area (Å²) in [6.45, 7) is 2.85. The number of ether oxygens (including phenoxy) is 1. The Bertz CT molecular complexity index is 714. The van der Waals surface area contributed by atoms with Crippen molar-refractivity contribution in [3.05, 3.63) is 64.2 Å². The maximum absolute atomic E-state index is 12.2. The van der Waals surface area contributed by atoms with E-state index in [2.05, 4.69) is 12.2 Å². The number of nitro groups is 1. The number of carbonyl (C=O) groups excluding carboxylic acids is 1. The topological polar surface area (TPSA) is 81.5 Å². The van der Waals surface area contributed by atoms with Gasteiger partial charge in [0.05, 0.1) is 11.5 Å². The summed E-state index contributed by atoms with van der Waals surface area (Å²) in [6, 6.07) is 12.7. The summed E-state index contributed by atoms with van der Waals surface area (Å²) in [5, 5.41) is 13.5. The molecule has 25 heavy (non-hydrogen) atoms. The SMILES string of the molecule is CCCCCCOc1ccc(NC(=O)c2cccc([N+](=O)[O-])c2)cc1. The molecule has 0 heterocycles. The Morgan fingerprint density at radius 2 is 1.88 bits per heavy atom. The number of amides is 1. The Morgan fingerprint density at radius 3 is 2.56 bits per heavy atom. The van der Waals surface area contributed by atoms with Crippen molar-refractivity contribution in [1.82, 2.24) is 0 Å². The molecule has 0 aliphatic rings. The number of nitrogens with zero attached hydrogens (tertiary/aromatic N) is 1. The van der Waals surface area contributed by atoms with Crippen LogP contribution < -0.4 is 10.1 Å². The van der Waals surface area contributed by atoms with E-state index >= 15 is 0 Å². The highest BCUT2D eigenvalue weighted by atomic mass is 16.6. The number of carbonyl (C=O) groups is 1. The number of hydrogen-bond donors (Lipinski definition) is 1. The number of hydrogen-bond acceptors (Lipinski definition) is 4. The van der Waals surface area contributed by atoms with Crippen molar-refractivity contribution in [2.45, 2.75) is 32.6 Å². The van der Waals surface area contributed by atoms with Crippen molar-refractivity contribution in [1.29, 1.82) is 0 Å². The second kappa shape index (κ2) is 9.42. The third-order valence-electron chi connectivity index (χ3n) is 3.70. The van der Waals surface area contributed by atoms with Crippen LogP contribution in [0.4, 0.5) is 11.4 Å². The van der Waals surface area contributed by atoms with E-state index in [0.717, 1.165) is 18.6 Å². The van der Waals surface area contributed by atoms with Gasteiger partial charge < -0.3 is 10.1 Å². The number of benzene rings is 2. The molecule has 2 rings (SSSR count). The van der Waals surface area contributed by atoms with Gasteiger partial charge in [-0.25, -0.2) is 0 Å². The zero-order valence-corrected chi connectivity index (χ0v) is 14.2. The first-order valence-electron chi connectivity index (χ1n) is 8.39. The van der Waals surface area contributed by atoms with Crippen molar-refractivity contribution in [2.24, 2.45) is 0 Å². The van der Waals surface area contributed by atoms with Crippen molar-refractivity contribution in [2.75, 3.05) is 11.9 Å². The summed E-state index contributed by atoms with van der Waals surface area (Å²) < 4.78 is 5.65. The summed E-state index contributed by atoms with van der Waals surface area (Å²) in [5.41, 5.74) is 0.736. The molecule has 0 spiro atoms. The molecule has 0 aliphatic carbocycles. The van der Waals surface area contributed by atoms with Gasteiger partial charge in [-0.3, -0.25) is 14.9 Å². The van der Waals surface area contributed by atoms with Gasteiger partial charge in [-0.2, -0.15) is 0 Å². The van der Waals surface area contributed by atoms with Crippen LogP contribution >= 0.6 is 0 Å². The van der Waals surface area contributed by atoms with Crippen LogP contribution in [0.2, 0.25) is 0 Å². The van der Waals surface area contributed by atoms with Crippen molar-refractivity contribution < 1.29 is 14.5 Å². The predicted octanol–water partition coefficient (Wildman–Crippen LogP) is 4.81. The summed E-state index contributed by atoms with van der Waals surface area (Å²) in [6.07, 6.45) is 4.60. The van der Waals surface area contributed by atoms with Gasteiger partial charge in [-0.1, -0.05) is 32.3 Å². The fraction of sp³-hybridized carbons (Fsp3) is 0.316. The lowest BCUT2D eigenvalue weighted by atomic mass is 10.2. The molecule has 0 fully saturated rings. The van der Waals surface area contributed by atoms with Gasteiger partial charge in [0.2, 0.25) is 0 Å². The van der Waals surface area contributed by atoms with E-state index in [-0.39, 0.29) is 11.3 Å². The van der Waals surface area contributed by atoms with Crippen LogP contribution in [0.25, 0.3) is 0 Å². The first-order chi connectivity index (χ1) is 12.1. The third kappa shape index (κ3) is 5.91. The number of non-ortho nitro benzene ring substituents is 1. The van der Waals surface area contributed by atoms with Crippen LogP contribution in [-0.4, -0.2) is 17.4 Å². The Morgan fingerprint density at radius 1 is 1.12 bits per heavy atom. The molecule has 0 saturated carbocycles. The number of nitrogens with one attached hydrogen (secondary N) is 1. The molecule has 2 aromatic rings. The Labute approximate surface area is 147 Å². The molecule has 1 N–H and O–H groups in total. The largest absolute Gasteiger partial charge is 0.494 e. The quantitative estimate of drug-likeness (QED) is 0.403. The van der Waals surface area contributed by atoms with E-state index in [1.807, 2.05) is 0 Å². The van der Waals surface area contributed by atoms with E-state index < -0.39 is 10.8 Å². The molecule has 0 radical (unpaired) electrons. The first kappa shape index (κ1) is 18.4. The number of rotatable bonds is 9. The lowest BCUT2D eigenvalue weighted by molar-refractivity contribution is -0.384. The van der Waals surface area contributed by atoms with Gasteiger partial charge in [-0.15, -0.1) is 0 Å². The smallest absolute Gasteiger partial charge is 0.270 e. The van der Waals surface area contributed by atoms with Gasteiger partial charge in [0.15, 0.2) is 0 Å². The first-order valence-corrected chi connectivity index (χ1v) is 8.39. The highest BCUT2D eigenvalue weighted by molar-refractivity contribution is 6.04. The highest BCUT2D eigenvalue weighted by Crippen LogP contribution is 2.18. The normalized spacial score (nSPS) is 10.3. The Hall–Kier alpha value is -2.89. The minimum atomic E-state index is -0.524. The molecule has 0 unspecified atom stereocenters. The lowest BCUT2D eigenvalue weighted by Crippen LogP contribution is -2.12. The molecule has 6 nitrogen and oxygen atoms in total. The van der Waals surface area contributed by atoms with Crippen molar-refractivity contribution in [3.63, 3.8) is 0 Å². The molecule has 6 heteroatoms. The number of nitro benzene ring substituents is 1. The van der Waals surface area contributed by atoms with Gasteiger partial charge in [0.1, 0.15) is 5.75 Å². The van der Waals surface area contributed by atoms with Crippen molar-refractivity contribution in [3.8, 4) is 5.75 Å². The molecule has 0 atom stereocenters. The molecule has 0 saturated heterocycles. The fourth-order valence-corrected chi connectivity index (χ4v) is 2.32. The Kier molecular flexibility index (Phi) is 6.95. The summed E-state index contributed by atoms with van der Waals surface area (Å²) in [5.74, 6) is 0.363. The van der Waals surface area contributed by atoms with Crippen molar-refractivity contribution >= 4 is 17.3 Å². The Balaban J connectivity index is 1.89. The van der Waals surface area contributed by atoms with Gasteiger partial charge in [0, 0.05) is 23.4 Å². The molecule has 2 aromatic carbocycles. The van der Waals surface area contributed by atoms with Gasteiger partial charge >= 0.3 is 0 Å². The monoisotopic (exact) mass is 342 g/mol. The van der Waals surface area contributed by atoms with Gasteiger partial charge in [0.25, 0.3) is 11.6 Å². The third-order valence-corrected chi connectivity index (χ3v) is 3.70. The summed E-state index contributed by atoms with van der Waals surface area (Å²) in [7, 11) is 0. The van der Waals surface area contributed by atoms with Crippen LogP contribution in [0.1, 0.15) is 43.0 Å². The molecular formula is C19H22N2O4. The molecule has 1 amide bonds. The predicted molar refractivity (Wildman–Crippen MR) is 97.1 cm³/mol. The van der Waals surface area contributed by atoms with Crippen LogP contribution in [0.15, 0.2) is 48.5 Å². The van der Waals surface area contributed by atoms with Crippen LogP contribution in [-0.2, 0) is 0 Å². The second-order valence-electron chi connectivity index (χ2n) is 5.70. The number of anilines is 1. The van der Waals surface area contributed by atoms with E-state index in [9.17, 15) is 14.9 Å². The molecule has 0 bridgehead atoms. The van der Waals surface area contributed by atoms with Crippen LogP contribution in [0.3, 0.4) is 0 Å². The standard InChI is InChI=1S/C19H22N2O4/c1-2-3-4-5-13-25-18-11-9-16(10-12-18)20-19(22)15-7-6-8-17(14-15)21(23)24/h6-12,14H,2-5,13H2,1H3,(H,20,22). The van der Waals surface area contributed by atoms with Gasteiger partial charge in [-0.05, 0) is 36.8 Å².